The van der Waals surface area contributed by atoms with Gasteiger partial charge in [0, 0.05) is 11.8 Å². The van der Waals surface area contributed by atoms with Crippen LogP contribution >= 0.6 is 11.3 Å². The lowest BCUT2D eigenvalue weighted by Gasteiger charge is -2.07. The van der Waals surface area contributed by atoms with Crippen molar-refractivity contribution < 1.29 is 14.3 Å². The molecule has 2 rings (SSSR count). The van der Waals surface area contributed by atoms with E-state index in [-0.39, 0.29) is 5.97 Å². The van der Waals surface area contributed by atoms with Crippen LogP contribution in [-0.4, -0.2) is 24.7 Å². The molecule has 5 heteroatoms. The number of esters is 1. The highest BCUT2D eigenvalue weighted by molar-refractivity contribution is 7.13. The van der Waals surface area contributed by atoms with Crippen molar-refractivity contribution in [3.63, 3.8) is 0 Å². The smallest absolute Gasteiger partial charge is 0.305 e. The second-order valence-corrected chi connectivity index (χ2v) is 5.01. The number of hydrogen-bond donors (Lipinski definition) is 0. The van der Waals surface area contributed by atoms with Crippen molar-refractivity contribution >= 4 is 17.3 Å². The van der Waals surface area contributed by atoms with Gasteiger partial charge in [-0.05, 0) is 19.1 Å². The first-order chi connectivity index (χ1) is 9.74. The zero-order valence-electron chi connectivity index (χ0n) is 11.6. The highest BCUT2D eigenvalue weighted by Crippen LogP contribution is 2.32. The number of carbonyl (C=O) groups is 1. The summed E-state index contributed by atoms with van der Waals surface area (Å²) in [6.45, 7) is 2.58. The zero-order chi connectivity index (χ0) is 14.4. The maximum Gasteiger partial charge on any atom is 0.305 e. The van der Waals surface area contributed by atoms with Crippen molar-refractivity contribution in [2.75, 3.05) is 13.7 Å². The van der Waals surface area contributed by atoms with Crippen LogP contribution in [0.4, 0.5) is 0 Å². The number of aromatic nitrogens is 1. The van der Waals surface area contributed by atoms with Crippen LogP contribution < -0.4 is 4.74 Å². The number of ether oxygens (including phenoxy) is 2. The van der Waals surface area contributed by atoms with Gasteiger partial charge in [-0.2, -0.15) is 0 Å². The van der Waals surface area contributed by atoms with Crippen molar-refractivity contribution in [3.05, 3.63) is 35.3 Å². The Kier molecular flexibility index (Phi) is 5.12. The highest BCUT2D eigenvalue weighted by Gasteiger charge is 2.11. The van der Waals surface area contributed by atoms with Gasteiger partial charge in [-0.25, -0.2) is 4.98 Å². The van der Waals surface area contributed by atoms with Crippen LogP contribution in [0.15, 0.2) is 29.6 Å². The summed E-state index contributed by atoms with van der Waals surface area (Å²) in [5, 5.41) is 2.88. The van der Waals surface area contributed by atoms with Gasteiger partial charge in [-0.15, -0.1) is 11.3 Å². The molecule has 0 N–H and O–H groups in total. The van der Waals surface area contributed by atoms with Gasteiger partial charge in [0.2, 0.25) is 0 Å². The Balaban J connectivity index is 2.14. The molecular weight excluding hydrogens is 274 g/mol. The molecule has 2 aromatic rings. The summed E-state index contributed by atoms with van der Waals surface area (Å²) >= 11 is 1.56. The van der Waals surface area contributed by atoms with Crippen molar-refractivity contribution in [2.24, 2.45) is 0 Å². The molecule has 0 aliphatic carbocycles. The molecule has 0 radical (unpaired) electrons. The monoisotopic (exact) mass is 291 g/mol. The standard InChI is InChI=1S/C15H17NO3S/c1-3-19-13-7-5-4-6-12(13)15-16-11(10-20-15)8-9-14(17)18-2/h4-7,10H,3,8-9H2,1-2H3. The summed E-state index contributed by atoms with van der Waals surface area (Å²) in [7, 11) is 1.40. The Bertz CT molecular complexity index is 580. The Morgan fingerprint density at radius 2 is 2.15 bits per heavy atom. The van der Waals surface area contributed by atoms with Gasteiger partial charge in [-0.3, -0.25) is 4.79 Å². The van der Waals surface area contributed by atoms with Crippen molar-refractivity contribution in [3.8, 4) is 16.3 Å². The fraction of sp³-hybridized carbons (Fsp3) is 0.333. The lowest BCUT2D eigenvalue weighted by Crippen LogP contribution is -2.02. The molecule has 1 aromatic heterocycles. The third-order valence-electron chi connectivity index (χ3n) is 2.78. The summed E-state index contributed by atoms with van der Waals surface area (Å²) < 4.78 is 10.2. The molecule has 0 aliphatic heterocycles. The summed E-state index contributed by atoms with van der Waals surface area (Å²) in [5.74, 6) is 0.623. The van der Waals surface area contributed by atoms with E-state index in [0.717, 1.165) is 22.0 Å². The molecule has 0 spiro atoms. The second kappa shape index (κ2) is 7.05. The Hall–Kier alpha value is -1.88. The molecule has 0 amide bonds. The molecule has 0 aliphatic rings. The van der Waals surface area contributed by atoms with E-state index in [1.165, 1.54) is 7.11 Å². The number of benzene rings is 1. The lowest BCUT2D eigenvalue weighted by molar-refractivity contribution is -0.140. The second-order valence-electron chi connectivity index (χ2n) is 4.15. The van der Waals surface area contributed by atoms with E-state index in [1.54, 1.807) is 11.3 Å². The fourth-order valence-electron chi connectivity index (χ4n) is 1.80. The molecule has 0 unspecified atom stereocenters. The van der Waals surface area contributed by atoms with Gasteiger partial charge in [0.05, 0.1) is 31.4 Å². The molecular formula is C15H17NO3S. The Labute approximate surface area is 122 Å². The SMILES string of the molecule is CCOc1ccccc1-c1nc(CCC(=O)OC)cs1. The normalized spacial score (nSPS) is 10.3. The molecule has 0 saturated carbocycles. The van der Waals surface area contributed by atoms with Gasteiger partial charge in [0.15, 0.2) is 0 Å². The number of methoxy groups -OCH3 is 1. The average molecular weight is 291 g/mol. The highest BCUT2D eigenvalue weighted by atomic mass is 32.1. The molecule has 1 aromatic carbocycles. The average Bonchev–Trinajstić information content (AvgIpc) is 2.94. The number of aryl methyl sites for hydroxylation is 1. The molecule has 0 bridgehead atoms. The Morgan fingerprint density at radius 1 is 1.35 bits per heavy atom. The minimum atomic E-state index is -0.214. The van der Waals surface area contributed by atoms with E-state index in [9.17, 15) is 4.79 Å². The number of thiazole rings is 1. The maximum atomic E-state index is 11.1. The fourth-order valence-corrected chi connectivity index (χ4v) is 2.69. The van der Waals surface area contributed by atoms with Crippen LogP contribution in [0.25, 0.3) is 10.6 Å². The van der Waals surface area contributed by atoms with Gasteiger partial charge in [0.1, 0.15) is 10.8 Å². The van der Waals surface area contributed by atoms with E-state index < -0.39 is 0 Å². The summed E-state index contributed by atoms with van der Waals surface area (Å²) in [4.78, 5) is 15.7. The third-order valence-corrected chi connectivity index (χ3v) is 3.71. The summed E-state index contributed by atoms with van der Waals surface area (Å²) in [6, 6.07) is 7.84. The minimum Gasteiger partial charge on any atom is -0.493 e. The van der Waals surface area contributed by atoms with E-state index in [0.29, 0.717) is 19.4 Å². The predicted molar refractivity (Wildman–Crippen MR) is 79.1 cm³/mol. The third kappa shape index (κ3) is 3.57. The number of carbonyl (C=O) groups excluding carboxylic acids is 1. The molecule has 0 atom stereocenters. The Morgan fingerprint density at radius 3 is 2.90 bits per heavy atom. The molecule has 1 heterocycles. The molecule has 0 fully saturated rings. The minimum absolute atomic E-state index is 0.214. The van der Waals surface area contributed by atoms with E-state index in [2.05, 4.69) is 9.72 Å². The molecule has 4 nitrogen and oxygen atoms in total. The first kappa shape index (κ1) is 14.5. The van der Waals surface area contributed by atoms with E-state index >= 15 is 0 Å². The topological polar surface area (TPSA) is 48.4 Å². The van der Waals surface area contributed by atoms with Crippen LogP contribution in [0.3, 0.4) is 0 Å². The largest absolute Gasteiger partial charge is 0.493 e. The van der Waals surface area contributed by atoms with Crippen molar-refractivity contribution in [2.45, 2.75) is 19.8 Å². The number of nitrogens with zero attached hydrogens (tertiary/aromatic N) is 1. The van der Waals surface area contributed by atoms with Crippen molar-refractivity contribution in [1.29, 1.82) is 0 Å². The van der Waals surface area contributed by atoms with Gasteiger partial charge >= 0.3 is 5.97 Å². The number of para-hydroxylation sites is 1. The van der Waals surface area contributed by atoms with E-state index in [1.807, 2.05) is 36.6 Å². The van der Waals surface area contributed by atoms with Crippen LogP contribution in [0, 0.1) is 0 Å². The first-order valence-corrected chi connectivity index (χ1v) is 7.36. The number of rotatable bonds is 6. The lowest BCUT2D eigenvalue weighted by atomic mass is 10.2. The summed E-state index contributed by atoms with van der Waals surface area (Å²) in [6.07, 6.45) is 0.951. The maximum absolute atomic E-state index is 11.1. The van der Waals surface area contributed by atoms with Gasteiger partial charge in [-0.1, -0.05) is 12.1 Å². The van der Waals surface area contributed by atoms with Crippen LogP contribution in [0.2, 0.25) is 0 Å². The number of hydrogen-bond acceptors (Lipinski definition) is 5. The van der Waals surface area contributed by atoms with Gasteiger partial charge < -0.3 is 9.47 Å². The van der Waals surface area contributed by atoms with Crippen LogP contribution in [0.1, 0.15) is 19.0 Å². The zero-order valence-corrected chi connectivity index (χ0v) is 12.4. The van der Waals surface area contributed by atoms with Crippen LogP contribution in [-0.2, 0) is 16.0 Å². The summed E-state index contributed by atoms with van der Waals surface area (Å²) in [5.41, 5.74) is 1.89. The molecule has 106 valence electrons. The molecule has 20 heavy (non-hydrogen) atoms. The van der Waals surface area contributed by atoms with E-state index in [4.69, 9.17) is 4.74 Å². The predicted octanol–water partition coefficient (Wildman–Crippen LogP) is 3.31. The molecule has 0 saturated heterocycles. The van der Waals surface area contributed by atoms with Crippen LogP contribution in [0.5, 0.6) is 5.75 Å². The van der Waals surface area contributed by atoms with Crippen molar-refractivity contribution in [1.82, 2.24) is 4.98 Å². The first-order valence-electron chi connectivity index (χ1n) is 6.48. The quantitative estimate of drug-likeness (QED) is 0.766. The van der Waals surface area contributed by atoms with Gasteiger partial charge in [0.25, 0.3) is 0 Å².